The van der Waals surface area contributed by atoms with Crippen LogP contribution in [0, 0.1) is 0 Å². The standard InChI is InChI=1S/C10H14N2O2/c13-7-8-2-1-3-9(12-8)10-6-11-4-5-14-10/h1-3,10-11,13H,4-7H2. The van der Waals surface area contributed by atoms with E-state index in [0.717, 1.165) is 25.4 Å². The molecule has 1 fully saturated rings. The van der Waals surface area contributed by atoms with Crippen LogP contribution in [0.5, 0.6) is 0 Å². The highest BCUT2D eigenvalue weighted by atomic mass is 16.5. The molecule has 0 aliphatic carbocycles. The molecule has 1 saturated heterocycles. The van der Waals surface area contributed by atoms with Gasteiger partial charge in [0.05, 0.1) is 24.6 Å². The molecule has 2 rings (SSSR count). The summed E-state index contributed by atoms with van der Waals surface area (Å²) in [5.74, 6) is 0. The van der Waals surface area contributed by atoms with Crippen molar-refractivity contribution in [1.29, 1.82) is 0 Å². The fourth-order valence-corrected chi connectivity index (χ4v) is 1.52. The van der Waals surface area contributed by atoms with Crippen LogP contribution in [0.1, 0.15) is 17.5 Å². The Morgan fingerprint density at radius 1 is 1.57 bits per heavy atom. The van der Waals surface area contributed by atoms with Gasteiger partial charge in [-0.1, -0.05) is 6.07 Å². The van der Waals surface area contributed by atoms with E-state index in [1.54, 1.807) is 6.07 Å². The van der Waals surface area contributed by atoms with E-state index in [4.69, 9.17) is 9.84 Å². The lowest BCUT2D eigenvalue weighted by atomic mass is 10.2. The molecule has 1 aliphatic heterocycles. The van der Waals surface area contributed by atoms with Crippen LogP contribution in [0.25, 0.3) is 0 Å². The molecular formula is C10H14N2O2. The summed E-state index contributed by atoms with van der Waals surface area (Å²) >= 11 is 0. The van der Waals surface area contributed by atoms with Crippen LogP contribution in [0.15, 0.2) is 18.2 Å². The zero-order valence-electron chi connectivity index (χ0n) is 7.94. The first-order chi connectivity index (χ1) is 6.90. The summed E-state index contributed by atoms with van der Waals surface area (Å²) in [6.45, 7) is 2.39. The lowest BCUT2D eigenvalue weighted by Crippen LogP contribution is -2.33. The monoisotopic (exact) mass is 194 g/mol. The van der Waals surface area contributed by atoms with Crippen molar-refractivity contribution in [2.24, 2.45) is 0 Å². The first kappa shape index (κ1) is 9.58. The van der Waals surface area contributed by atoms with Gasteiger partial charge in [-0.05, 0) is 12.1 Å². The lowest BCUT2D eigenvalue weighted by molar-refractivity contribution is 0.0248. The largest absolute Gasteiger partial charge is 0.390 e. The molecule has 0 spiro atoms. The second-order valence-corrected chi connectivity index (χ2v) is 3.28. The Morgan fingerprint density at radius 2 is 2.50 bits per heavy atom. The molecule has 0 saturated carbocycles. The maximum Gasteiger partial charge on any atom is 0.112 e. The van der Waals surface area contributed by atoms with Gasteiger partial charge >= 0.3 is 0 Å². The van der Waals surface area contributed by atoms with Gasteiger partial charge in [0.25, 0.3) is 0 Å². The number of pyridine rings is 1. The first-order valence-electron chi connectivity index (χ1n) is 4.79. The third-order valence-corrected chi connectivity index (χ3v) is 2.25. The molecule has 1 aromatic rings. The minimum atomic E-state index is -0.0199. The topological polar surface area (TPSA) is 54.4 Å². The fourth-order valence-electron chi connectivity index (χ4n) is 1.52. The normalized spacial score (nSPS) is 22.2. The second-order valence-electron chi connectivity index (χ2n) is 3.28. The number of aliphatic hydroxyl groups excluding tert-OH is 1. The Bertz CT molecular complexity index is 298. The summed E-state index contributed by atoms with van der Waals surface area (Å²) in [7, 11) is 0. The van der Waals surface area contributed by atoms with E-state index in [0.29, 0.717) is 5.69 Å². The van der Waals surface area contributed by atoms with Crippen LogP contribution < -0.4 is 5.32 Å². The molecule has 4 nitrogen and oxygen atoms in total. The van der Waals surface area contributed by atoms with Crippen LogP contribution in [-0.2, 0) is 11.3 Å². The number of hydrogen-bond acceptors (Lipinski definition) is 4. The van der Waals surface area contributed by atoms with Gasteiger partial charge < -0.3 is 15.2 Å². The summed E-state index contributed by atoms with van der Waals surface area (Å²) in [5.41, 5.74) is 1.58. The highest BCUT2D eigenvalue weighted by molar-refractivity contribution is 5.13. The van der Waals surface area contributed by atoms with E-state index >= 15 is 0 Å². The predicted molar refractivity (Wildman–Crippen MR) is 51.7 cm³/mol. The number of aliphatic hydroxyl groups is 1. The number of rotatable bonds is 2. The maximum absolute atomic E-state index is 8.94. The van der Waals surface area contributed by atoms with Crippen molar-refractivity contribution in [3.63, 3.8) is 0 Å². The second kappa shape index (κ2) is 4.50. The SMILES string of the molecule is OCc1cccc(C2CNCCO2)n1. The minimum Gasteiger partial charge on any atom is -0.390 e. The van der Waals surface area contributed by atoms with Crippen molar-refractivity contribution < 1.29 is 9.84 Å². The molecule has 1 atom stereocenters. The van der Waals surface area contributed by atoms with Crippen molar-refractivity contribution in [3.05, 3.63) is 29.6 Å². The van der Waals surface area contributed by atoms with Crippen LogP contribution in [-0.4, -0.2) is 29.8 Å². The molecule has 76 valence electrons. The Kier molecular flexibility index (Phi) is 3.08. The Balaban J connectivity index is 2.13. The molecule has 0 bridgehead atoms. The molecule has 0 aromatic carbocycles. The number of hydrogen-bond donors (Lipinski definition) is 2. The molecule has 1 aromatic heterocycles. The Morgan fingerprint density at radius 3 is 3.21 bits per heavy atom. The van der Waals surface area contributed by atoms with Gasteiger partial charge in [-0.3, -0.25) is 4.98 Å². The molecule has 0 amide bonds. The average molecular weight is 194 g/mol. The van der Waals surface area contributed by atoms with Crippen LogP contribution in [0.2, 0.25) is 0 Å². The van der Waals surface area contributed by atoms with Crippen LogP contribution in [0.4, 0.5) is 0 Å². The summed E-state index contributed by atoms with van der Waals surface area (Å²) in [6.07, 6.45) is 0.0234. The number of nitrogens with one attached hydrogen (secondary N) is 1. The van der Waals surface area contributed by atoms with E-state index in [9.17, 15) is 0 Å². The molecule has 0 radical (unpaired) electrons. The number of ether oxygens (including phenoxy) is 1. The molecule has 2 heterocycles. The van der Waals surface area contributed by atoms with E-state index in [1.165, 1.54) is 0 Å². The predicted octanol–water partition coefficient (Wildman–Crippen LogP) is 0.235. The van der Waals surface area contributed by atoms with Gasteiger partial charge in [0.1, 0.15) is 6.10 Å². The molecule has 1 unspecified atom stereocenters. The smallest absolute Gasteiger partial charge is 0.112 e. The van der Waals surface area contributed by atoms with E-state index in [2.05, 4.69) is 10.3 Å². The zero-order valence-corrected chi connectivity index (χ0v) is 7.94. The van der Waals surface area contributed by atoms with Crippen LogP contribution in [0.3, 0.4) is 0 Å². The van der Waals surface area contributed by atoms with Crippen molar-refractivity contribution >= 4 is 0 Å². The van der Waals surface area contributed by atoms with Gasteiger partial charge in [0, 0.05) is 13.1 Å². The number of nitrogens with zero attached hydrogens (tertiary/aromatic N) is 1. The average Bonchev–Trinajstić information content (AvgIpc) is 2.30. The summed E-state index contributed by atoms with van der Waals surface area (Å²) < 4.78 is 5.56. The van der Waals surface area contributed by atoms with Gasteiger partial charge in [-0.15, -0.1) is 0 Å². The molecule has 1 aliphatic rings. The fraction of sp³-hybridized carbons (Fsp3) is 0.500. The van der Waals surface area contributed by atoms with Crippen LogP contribution >= 0.6 is 0 Å². The molecular weight excluding hydrogens is 180 g/mol. The summed E-state index contributed by atoms with van der Waals surface area (Å²) in [5, 5.41) is 12.2. The van der Waals surface area contributed by atoms with Crippen molar-refractivity contribution in [1.82, 2.24) is 10.3 Å². The van der Waals surface area contributed by atoms with E-state index < -0.39 is 0 Å². The van der Waals surface area contributed by atoms with Crippen molar-refractivity contribution in [2.45, 2.75) is 12.7 Å². The highest BCUT2D eigenvalue weighted by Gasteiger charge is 2.16. The first-order valence-corrected chi connectivity index (χ1v) is 4.79. The summed E-state index contributed by atoms with van der Waals surface area (Å²) in [4.78, 5) is 4.30. The molecule has 4 heteroatoms. The van der Waals surface area contributed by atoms with Crippen molar-refractivity contribution in [2.75, 3.05) is 19.7 Å². The van der Waals surface area contributed by atoms with Gasteiger partial charge in [-0.25, -0.2) is 0 Å². The zero-order chi connectivity index (χ0) is 9.80. The minimum absolute atomic E-state index is 0.0199. The quantitative estimate of drug-likeness (QED) is 0.708. The molecule has 2 N–H and O–H groups in total. The highest BCUT2D eigenvalue weighted by Crippen LogP contribution is 2.16. The summed E-state index contributed by atoms with van der Waals surface area (Å²) in [6, 6.07) is 5.63. The van der Waals surface area contributed by atoms with Crippen molar-refractivity contribution in [3.8, 4) is 0 Å². The maximum atomic E-state index is 8.94. The lowest BCUT2D eigenvalue weighted by Gasteiger charge is -2.23. The molecule has 14 heavy (non-hydrogen) atoms. The van der Waals surface area contributed by atoms with E-state index in [-0.39, 0.29) is 12.7 Å². The Labute approximate surface area is 82.9 Å². The number of aromatic nitrogens is 1. The van der Waals surface area contributed by atoms with Gasteiger partial charge in [0.15, 0.2) is 0 Å². The van der Waals surface area contributed by atoms with Gasteiger partial charge in [0.2, 0.25) is 0 Å². The number of morpholine rings is 1. The third kappa shape index (κ3) is 2.09. The van der Waals surface area contributed by atoms with Gasteiger partial charge in [-0.2, -0.15) is 0 Å². The van der Waals surface area contributed by atoms with E-state index in [1.807, 2.05) is 12.1 Å². The Hall–Kier alpha value is -0.970. The third-order valence-electron chi connectivity index (χ3n) is 2.25.